The van der Waals surface area contributed by atoms with Crippen LogP contribution < -0.4 is 10.6 Å². The van der Waals surface area contributed by atoms with Gasteiger partial charge in [-0.05, 0) is 24.6 Å². The number of H-pyrrole nitrogens is 2. The van der Waals surface area contributed by atoms with Crippen LogP contribution in [0.4, 0.5) is 10.5 Å². The Bertz CT molecular complexity index is 772. The largest absolute Gasteiger partial charge is 0.341 e. The maximum Gasteiger partial charge on any atom is 0.319 e. The summed E-state index contributed by atoms with van der Waals surface area (Å²) in [5.41, 5.74) is 4.18. The smallest absolute Gasteiger partial charge is 0.319 e. The van der Waals surface area contributed by atoms with Crippen molar-refractivity contribution in [2.24, 2.45) is 0 Å². The molecule has 4 N–H and O–H groups in total. The van der Waals surface area contributed by atoms with Crippen molar-refractivity contribution in [3.05, 3.63) is 30.0 Å². The van der Waals surface area contributed by atoms with E-state index < -0.39 is 0 Å². The minimum Gasteiger partial charge on any atom is -0.341 e. The molecule has 0 unspecified atom stereocenters. The van der Waals surface area contributed by atoms with Crippen LogP contribution in [0, 0.1) is 6.92 Å². The van der Waals surface area contributed by atoms with Gasteiger partial charge in [-0.3, -0.25) is 5.10 Å². The minimum absolute atomic E-state index is 0.306. The normalized spacial score (nSPS) is 10.7. The van der Waals surface area contributed by atoms with Gasteiger partial charge in [0.05, 0.1) is 22.9 Å². The lowest BCUT2D eigenvalue weighted by molar-refractivity contribution is 0.254. The summed E-state index contributed by atoms with van der Waals surface area (Å²) in [6.45, 7) is 2.02. The molecule has 102 valence electrons. The number of aryl methyl sites for hydroxylation is 1. The number of urea groups is 1. The Labute approximate surface area is 114 Å². The van der Waals surface area contributed by atoms with Crippen LogP contribution in [0.15, 0.2) is 24.4 Å². The number of carbonyl (C=O) groups excluding carboxylic acids is 1. The van der Waals surface area contributed by atoms with E-state index in [0.717, 1.165) is 16.6 Å². The van der Waals surface area contributed by atoms with Crippen LogP contribution in [-0.4, -0.2) is 33.2 Å². The molecule has 7 nitrogen and oxygen atoms in total. The highest BCUT2D eigenvalue weighted by Gasteiger charge is 2.13. The molecule has 2 aromatic heterocycles. The average molecular weight is 270 g/mol. The Hall–Kier alpha value is -2.83. The Kier molecular flexibility index (Phi) is 2.86. The lowest BCUT2D eigenvalue weighted by Gasteiger charge is -2.02. The number of hydrogen-bond donors (Lipinski definition) is 4. The molecule has 20 heavy (non-hydrogen) atoms. The highest BCUT2D eigenvalue weighted by Crippen LogP contribution is 2.25. The van der Waals surface area contributed by atoms with Crippen LogP contribution in [0.25, 0.3) is 22.6 Å². The van der Waals surface area contributed by atoms with Gasteiger partial charge in [-0.25, -0.2) is 9.78 Å². The van der Waals surface area contributed by atoms with E-state index in [-0.39, 0.29) is 6.03 Å². The summed E-state index contributed by atoms with van der Waals surface area (Å²) in [4.78, 5) is 19.1. The van der Waals surface area contributed by atoms with Crippen molar-refractivity contribution in [1.29, 1.82) is 0 Å². The van der Waals surface area contributed by atoms with Gasteiger partial charge < -0.3 is 15.6 Å². The summed E-state index contributed by atoms with van der Waals surface area (Å²) in [5, 5.41) is 12.0. The average Bonchev–Trinajstić information content (AvgIpc) is 3.03. The Balaban J connectivity index is 2.03. The number of benzene rings is 1. The monoisotopic (exact) mass is 270 g/mol. The van der Waals surface area contributed by atoms with Gasteiger partial charge in [0.25, 0.3) is 0 Å². The van der Waals surface area contributed by atoms with E-state index in [0.29, 0.717) is 17.2 Å². The number of hydrogen-bond acceptors (Lipinski definition) is 3. The topological polar surface area (TPSA) is 98.5 Å². The fourth-order valence-electron chi connectivity index (χ4n) is 1.99. The zero-order valence-corrected chi connectivity index (χ0v) is 11.1. The van der Waals surface area contributed by atoms with Crippen LogP contribution in [0.5, 0.6) is 0 Å². The standard InChI is InChI=1S/C13H14N6O/c1-7-3-4-8-9(5-7)17-12(16-8)11-10(6-15-19-11)18-13(20)14-2/h3-6H,1-2H3,(H,15,19)(H,16,17)(H2,14,18,20). The molecule has 0 aliphatic rings. The molecule has 2 amide bonds. The van der Waals surface area contributed by atoms with Gasteiger partial charge in [0.1, 0.15) is 5.69 Å². The SMILES string of the molecule is CNC(=O)Nc1cn[nH]c1-c1nc2ccc(C)cc2[nH]1. The van der Waals surface area contributed by atoms with E-state index in [9.17, 15) is 4.79 Å². The number of aromatic amines is 2. The Morgan fingerprint density at radius 3 is 3.00 bits per heavy atom. The molecule has 0 atom stereocenters. The van der Waals surface area contributed by atoms with Crippen molar-refractivity contribution in [2.75, 3.05) is 12.4 Å². The molecular weight excluding hydrogens is 256 g/mol. The fourth-order valence-corrected chi connectivity index (χ4v) is 1.99. The predicted octanol–water partition coefficient (Wildman–Crippen LogP) is 2.01. The minimum atomic E-state index is -0.306. The van der Waals surface area contributed by atoms with Gasteiger partial charge in [0.2, 0.25) is 0 Å². The second kappa shape index (κ2) is 4.69. The Morgan fingerprint density at radius 2 is 2.20 bits per heavy atom. The van der Waals surface area contributed by atoms with Crippen LogP contribution in [-0.2, 0) is 0 Å². The first kappa shape index (κ1) is 12.2. The summed E-state index contributed by atoms with van der Waals surface area (Å²) in [7, 11) is 1.55. The molecule has 7 heteroatoms. The third kappa shape index (κ3) is 2.09. The van der Waals surface area contributed by atoms with Crippen LogP contribution in [0.1, 0.15) is 5.56 Å². The predicted molar refractivity (Wildman–Crippen MR) is 76.5 cm³/mol. The number of carbonyl (C=O) groups is 1. The number of imidazole rings is 1. The quantitative estimate of drug-likeness (QED) is 0.573. The van der Waals surface area contributed by atoms with Gasteiger partial charge >= 0.3 is 6.03 Å². The number of nitrogens with zero attached hydrogens (tertiary/aromatic N) is 2. The third-order valence-corrected chi connectivity index (χ3v) is 2.99. The van der Waals surface area contributed by atoms with Gasteiger partial charge in [-0.1, -0.05) is 6.07 Å². The van der Waals surface area contributed by atoms with Crippen LogP contribution in [0.2, 0.25) is 0 Å². The van der Waals surface area contributed by atoms with Crippen molar-refractivity contribution in [3.8, 4) is 11.5 Å². The molecular formula is C13H14N6O. The van der Waals surface area contributed by atoms with Crippen LogP contribution in [0.3, 0.4) is 0 Å². The molecule has 0 saturated carbocycles. The van der Waals surface area contributed by atoms with E-state index in [4.69, 9.17) is 0 Å². The summed E-state index contributed by atoms with van der Waals surface area (Å²) in [6, 6.07) is 5.67. The Morgan fingerprint density at radius 1 is 1.35 bits per heavy atom. The van der Waals surface area contributed by atoms with Crippen molar-refractivity contribution < 1.29 is 4.79 Å². The number of fused-ring (bicyclic) bond motifs is 1. The summed E-state index contributed by atoms with van der Waals surface area (Å²) in [6.07, 6.45) is 1.54. The maximum absolute atomic E-state index is 11.4. The number of nitrogens with one attached hydrogen (secondary N) is 4. The molecule has 3 aromatic rings. The van der Waals surface area contributed by atoms with Gasteiger partial charge in [0.15, 0.2) is 5.82 Å². The lowest BCUT2D eigenvalue weighted by Crippen LogP contribution is -2.24. The maximum atomic E-state index is 11.4. The first-order valence-corrected chi connectivity index (χ1v) is 6.16. The highest BCUT2D eigenvalue weighted by atomic mass is 16.2. The van der Waals surface area contributed by atoms with Crippen molar-refractivity contribution in [3.63, 3.8) is 0 Å². The molecule has 0 aliphatic carbocycles. The number of anilines is 1. The van der Waals surface area contributed by atoms with E-state index in [1.54, 1.807) is 13.2 Å². The molecule has 0 radical (unpaired) electrons. The van der Waals surface area contributed by atoms with E-state index in [1.165, 1.54) is 0 Å². The van der Waals surface area contributed by atoms with Crippen molar-refractivity contribution in [2.45, 2.75) is 6.92 Å². The highest BCUT2D eigenvalue weighted by molar-refractivity contribution is 5.93. The second-order valence-electron chi connectivity index (χ2n) is 4.47. The summed E-state index contributed by atoms with van der Waals surface area (Å²) >= 11 is 0. The van der Waals surface area contributed by atoms with E-state index in [1.807, 2.05) is 25.1 Å². The van der Waals surface area contributed by atoms with E-state index in [2.05, 4.69) is 30.8 Å². The van der Waals surface area contributed by atoms with Gasteiger partial charge in [0, 0.05) is 7.05 Å². The number of aromatic nitrogens is 4. The van der Waals surface area contributed by atoms with Crippen molar-refractivity contribution >= 4 is 22.8 Å². The number of amides is 2. The molecule has 0 bridgehead atoms. The molecule has 0 aliphatic heterocycles. The summed E-state index contributed by atoms with van der Waals surface area (Å²) < 4.78 is 0. The van der Waals surface area contributed by atoms with Gasteiger partial charge in [-0.15, -0.1) is 0 Å². The zero-order chi connectivity index (χ0) is 14.1. The first-order valence-electron chi connectivity index (χ1n) is 6.16. The molecule has 0 saturated heterocycles. The number of rotatable bonds is 2. The van der Waals surface area contributed by atoms with Crippen LogP contribution >= 0.6 is 0 Å². The van der Waals surface area contributed by atoms with Gasteiger partial charge in [-0.2, -0.15) is 5.10 Å². The van der Waals surface area contributed by atoms with E-state index >= 15 is 0 Å². The zero-order valence-electron chi connectivity index (χ0n) is 11.1. The van der Waals surface area contributed by atoms with Crippen molar-refractivity contribution in [1.82, 2.24) is 25.5 Å². The lowest BCUT2D eigenvalue weighted by atomic mass is 10.2. The first-order chi connectivity index (χ1) is 9.67. The fraction of sp³-hybridized carbons (Fsp3) is 0.154. The molecule has 0 spiro atoms. The molecule has 3 rings (SSSR count). The molecule has 2 heterocycles. The second-order valence-corrected chi connectivity index (χ2v) is 4.47. The molecule has 1 aromatic carbocycles. The molecule has 0 fully saturated rings. The third-order valence-electron chi connectivity index (χ3n) is 2.99. The summed E-state index contributed by atoms with van der Waals surface area (Å²) in [5.74, 6) is 0.634.